The summed E-state index contributed by atoms with van der Waals surface area (Å²) in [6, 6.07) is 14.8. The monoisotopic (exact) mass is 545 g/mol. The van der Waals surface area contributed by atoms with Crippen molar-refractivity contribution in [1.82, 2.24) is 0 Å². The van der Waals surface area contributed by atoms with Gasteiger partial charge >= 0.3 is 5.97 Å². The molecular weight excluding hydrogens is 522 g/mol. The van der Waals surface area contributed by atoms with Crippen molar-refractivity contribution in [2.45, 2.75) is 26.9 Å². The number of esters is 1. The first-order valence-electron chi connectivity index (χ1n) is 11.6. The van der Waals surface area contributed by atoms with Crippen molar-refractivity contribution < 1.29 is 28.7 Å². The van der Waals surface area contributed by atoms with E-state index in [0.717, 1.165) is 16.9 Å². The molecule has 0 radical (unpaired) electrons. The lowest BCUT2D eigenvalue weighted by Gasteiger charge is -2.11. The van der Waals surface area contributed by atoms with Crippen LogP contribution in [-0.2, 0) is 22.6 Å². The molecular formula is C28H23N3O7S. The van der Waals surface area contributed by atoms with Crippen molar-refractivity contribution >= 4 is 34.9 Å². The highest BCUT2D eigenvalue weighted by molar-refractivity contribution is 7.14. The largest absolute Gasteiger partial charge is 0.493 e. The van der Waals surface area contributed by atoms with Gasteiger partial charge in [-0.1, -0.05) is 6.07 Å². The molecule has 0 unspecified atom stereocenters. The Bertz CT molecular complexity index is 1530. The summed E-state index contributed by atoms with van der Waals surface area (Å²) in [7, 11) is 1.45. The summed E-state index contributed by atoms with van der Waals surface area (Å²) in [6.07, 6.45) is 1.19. The first kappa shape index (κ1) is 28.6. The number of carbonyl (C=O) groups is 2. The maximum Gasteiger partial charge on any atom is 0.348 e. The SMILES string of the molecule is CCOC(=O)c1sc(CC(=O)/C(C#N)=C/c2ccc(OCc3ccc([N+](=O)[O-])cc3)c(OC)c2)c(C#N)c1C. The number of nitro benzene ring substituents is 1. The van der Waals surface area contributed by atoms with Crippen LogP contribution in [0.3, 0.4) is 0 Å². The summed E-state index contributed by atoms with van der Waals surface area (Å²) in [6.45, 7) is 3.61. The average Bonchev–Trinajstić information content (AvgIpc) is 3.25. The Labute approximate surface area is 228 Å². The molecule has 0 aliphatic carbocycles. The minimum atomic E-state index is -0.561. The third-order valence-corrected chi connectivity index (χ3v) is 6.85. The molecule has 11 heteroatoms. The summed E-state index contributed by atoms with van der Waals surface area (Å²) in [5.41, 5.74) is 1.74. The second-order valence-electron chi connectivity index (χ2n) is 8.08. The van der Waals surface area contributed by atoms with Crippen LogP contribution in [0.25, 0.3) is 6.08 Å². The van der Waals surface area contributed by atoms with E-state index < -0.39 is 16.7 Å². The molecule has 0 saturated carbocycles. The number of ether oxygens (including phenoxy) is 3. The van der Waals surface area contributed by atoms with Gasteiger partial charge in [-0.2, -0.15) is 10.5 Å². The van der Waals surface area contributed by atoms with E-state index in [2.05, 4.69) is 0 Å². The first-order valence-corrected chi connectivity index (χ1v) is 12.4. The molecule has 0 aliphatic heterocycles. The molecule has 0 amide bonds. The second kappa shape index (κ2) is 13.0. The van der Waals surface area contributed by atoms with Crippen LogP contribution in [0.15, 0.2) is 48.0 Å². The highest BCUT2D eigenvalue weighted by atomic mass is 32.1. The number of methoxy groups -OCH3 is 1. The highest BCUT2D eigenvalue weighted by Gasteiger charge is 2.23. The van der Waals surface area contributed by atoms with Gasteiger partial charge in [-0.15, -0.1) is 11.3 Å². The van der Waals surface area contributed by atoms with Crippen LogP contribution in [0.1, 0.15) is 43.7 Å². The third kappa shape index (κ3) is 6.86. The van der Waals surface area contributed by atoms with E-state index in [1.54, 1.807) is 44.2 Å². The normalized spacial score (nSPS) is 10.7. The number of thiophene rings is 1. The van der Waals surface area contributed by atoms with Gasteiger partial charge in [0.05, 0.1) is 29.8 Å². The Balaban J connectivity index is 1.78. The van der Waals surface area contributed by atoms with Gasteiger partial charge in [-0.25, -0.2) is 4.79 Å². The number of hydrogen-bond acceptors (Lipinski definition) is 10. The zero-order chi connectivity index (χ0) is 28.5. The number of hydrogen-bond donors (Lipinski definition) is 0. The third-order valence-electron chi connectivity index (χ3n) is 5.57. The van der Waals surface area contributed by atoms with Gasteiger partial charge in [-0.3, -0.25) is 14.9 Å². The van der Waals surface area contributed by atoms with Crippen molar-refractivity contribution in [3.05, 3.63) is 90.2 Å². The molecule has 2 aromatic carbocycles. The Morgan fingerprint density at radius 3 is 2.44 bits per heavy atom. The summed E-state index contributed by atoms with van der Waals surface area (Å²) >= 11 is 1.01. The van der Waals surface area contributed by atoms with Crippen LogP contribution >= 0.6 is 11.3 Å². The van der Waals surface area contributed by atoms with Gasteiger partial charge in [0.2, 0.25) is 0 Å². The quantitative estimate of drug-likeness (QED) is 0.102. The van der Waals surface area contributed by atoms with Crippen LogP contribution in [0.5, 0.6) is 11.5 Å². The molecule has 3 aromatic rings. The smallest absolute Gasteiger partial charge is 0.348 e. The van der Waals surface area contributed by atoms with E-state index in [4.69, 9.17) is 14.2 Å². The number of ketones is 1. The Morgan fingerprint density at radius 2 is 1.85 bits per heavy atom. The van der Waals surface area contributed by atoms with Crippen molar-refractivity contribution in [1.29, 1.82) is 10.5 Å². The fourth-order valence-corrected chi connectivity index (χ4v) is 4.73. The molecule has 0 spiro atoms. The number of carbonyl (C=O) groups excluding carboxylic acids is 2. The molecule has 1 aromatic heterocycles. The summed E-state index contributed by atoms with van der Waals surface area (Å²) < 4.78 is 16.2. The number of rotatable bonds is 11. The standard InChI is InChI=1S/C28H23N3O7S/c1-4-37-28(33)27-17(2)22(15-30)26(39-27)13-23(32)20(14-29)11-19-7-10-24(25(12-19)36-3)38-16-18-5-8-21(9-6-18)31(34)35/h5-12H,4,13,16H2,1-3H3/b20-11+. The molecule has 0 atom stereocenters. The Kier molecular flexibility index (Phi) is 9.52. The van der Waals surface area contributed by atoms with E-state index in [9.17, 15) is 30.2 Å². The molecule has 0 saturated heterocycles. The second-order valence-corrected chi connectivity index (χ2v) is 9.18. The lowest BCUT2D eigenvalue weighted by Crippen LogP contribution is -2.05. The maximum atomic E-state index is 13.0. The molecule has 0 bridgehead atoms. The molecule has 1 heterocycles. The van der Waals surface area contributed by atoms with E-state index in [-0.39, 0.29) is 41.3 Å². The number of non-ortho nitro benzene ring substituents is 1. The summed E-state index contributed by atoms with van der Waals surface area (Å²) in [4.78, 5) is 36.1. The van der Waals surface area contributed by atoms with Crippen LogP contribution in [0, 0.1) is 39.7 Å². The molecule has 39 heavy (non-hydrogen) atoms. The zero-order valence-electron chi connectivity index (χ0n) is 21.3. The Morgan fingerprint density at radius 1 is 1.13 bits per heavy atom. The lowest BCUT2D eigenvalue weighted by atomic mass is 10.0. The van der Waals surface area contributed by atoms with Gasteiger partial charge in [0.1, 0.15) is 23.6 Å². The van der Waals surface area contributed by atoms with Crippen LogP contribution in [-0.4, -0.2) is 30.4 Å². The number of nitrogens with zero attached hydrogens (tertiary/aromatic N) is 3. The Hall–Kier alpha value is -5.00. The minimum Gasteiger partial charge on any atom is -0.493 e. The maximum absolute atomic E-state index is 13.0. The number of nitriles is 2. The first-order chi connectivity index (χ1) is 18.7. The molecule has 10 nitrogen and oxygen atoms in total. The minimum absolute atomic E-state index is 0.0205. The molecule has 3 rings (SSSR count). The lowest BCUT2D eigenvalue weighted by molar-refractivity contribution is -0.384. The number of nitro groups is 1. The van der Waals surface area contributed by atoms with Crippen molar-refractivity contribution in [2.24, 2.45) is 0 Å². The average molecular weight is 546 g/mol. The van der Waals surface area contributed by atoms with Crippen LogP contribution < -0.4 is 9.47 Å². The van der Waals surface area contributed by atoms with Gasteiger partial charge in [-0.05, 0) is 60.9 Å². The van der Waals surface area contributed by atoms with Crippen molar-refractivity contribution in [2.75, 3.05) is 13.7 Å². The molecule has 0 aliphatic rings. The summed E-state index contributed by atoms with van der Waals surface area (Å²) in [5, 5.41) is 30.0. The van der Waals surface area contributed by atoms with Crippen LogP contribution in [0.4, 0.5) is 5.69 Å². The molecule has 0 N–H and O–H groups in total. The number of allylic oxidation sites excluding steroid dienone is 1. The van der Waals surface area contributed by atoms with E-state index in [1.165, 1.54) is 25.3 Å². The van der Waals surface area contributed by atoms with E-state index in [1.807, 2.05) is 12.1 Å². The number of Topliss-reactive ketones (excluding diaryl/α,β-unsaturated/α-hetero) is 1. The topological polar surface area (TPSA) is 153 Å². The van der Waals surface area contributed by atoms with E-state index in [0.29, 0.717) is 27.5 Å². The van der Waals surface area contributed by atoms with Crippen molar-refractivity contribution in [3.63, 3.8) is 0 Å². The predicted molar refractivity (Wildman–Crippen MR) is 142 cm³/mol. The van der Waals surface area contributed by atoms with Gasteiger partial charge in [0.25, 0.3) is 5.69 Å². The van der Waals surface area contributed by atoms with Gasteiger partial charge in [0, 0.05) is 23.4 Å². The van der Waals surface area contributed by atoms with Crippen molar-refractivity contribution in [3.8, 4) is 23.6 Å². The zero-order valence-corrected chi connectivity index (χ0v) is 22.2. The van der Waals surface area contributed by atoms with Crippen LogP contribution in [0.2, 0.25) is 0 Å². The van der Waals surface area contributed by atoms with E-state index >= 15 is 0 Å². The molecule has 0 fully saturated rings. The van der Waals surface area contributed by atoms with Gasteiger partial charge < -0.3 is 14.2 Å². The van der Waals surface area contributed by atoms with Gasteiger partial charge in [0.15, 0.2) is 17.3 Å². The highest BCUT2D eigenvalue weighted by Crippen LogP contribution is 2.31. The molecule has 198 valence electrons. The fraction of sp³-hybridized carbons (Fsp3) is 0.214. The predicted octanol–water partition coefficient (Wildman–Crippen LogP) is 5.32. The number of benzene rings is 2. The summed E-state index contributed by atoms with van der Waals surface area (Å²) in [5.74, 6) is -0.315. The fourth-order valence-electron chi connectivity index (χ4n) is 3.59.